The number of ether oxygens (including phenoxy) is 1. The van der Waals surface area contributed by atoms with Crippen molar-refractivity contribution in [2.24, 2.45) is 5.73 Å². The average molecular weight is 301 g/mol. The molecule has 1 aliphatic rings. The van der Waals surface area contributed by atoms with Crippen molar-refractivity contribution in [1.29, 1.82) is 0 Å². The second kappa shape index (κ2) is 6.12. The molecule has 1 aromatic heterocycles. The smallest absolute Gasteiger partial charge is 0.288 e. The first-order valence-corrected chi connectivity index (χ1v) is 6.31. The second-order valence-corrected chi connectivity index (χ2v) is 4.63. The number of carbonyl (C=O) groups is 1. The summed E-state index contributed by atoms with van der Waals surface area (Å²) in [5.41, 5.74) is 5.24. The summed E-state index contributed by atoms with van der Waals surface area (Å²) in [5, 5.41) is 10.7. The Morgan fingerprint density at radius 3 is 3.10 bits per heavy atom. The first kappa shape index (κ1) is 14.6. The summed E-state index contributed by atoms with van der Waals surface area (Å²) in [5.74, 6) is -0.409. The number of nitrogens with zero attached hydrogens (tertiary/aromatic N) is 3. The molecule has 1 amide bonds. The van der Waals surface area contributed by atoms with Crippen LogP contribution in [0.1, 0.15) is 10.4 Å². The van der Waals surface area contributed by atoms with E-state index in [4.69, 9.17) is 22.1 Å². The van der Waals surface area contributed by atoms with Crippen LogP contribution < -0.4 is 5.73 Å². The molecule has 1 atom stereocenters. The van der Waals surface area contributed by atoms with Crippen molar-refractivity contribution >= 4 is 23.2 Å². The standard InChI is InChI=1S/C11H13ClN4O4/c12-10-9(3-7(5-14-10)16(18)19)11(17)15-1-2-20-8(4-13)6-15/h3,5,8H,1-2,4,6,13H2. The maximum atomic E-state index is 12.3. The van der Waals surface area contributed by atoms with Gasteiger partial charge in [-0.2, -0.15) is 0 Å². The highest BCUT2D eigenvalue weighted by Gasteiger charge is 2.27. The molecule has 1 aromatic rings. The van der Waals surface area contributed by atoms with E-state index in [1.165, 1.54) is 4.90 Å². The minimum atomic E-state index is -0.623. The predicted octanol–water partition coefficient (Wildman–Crippen LogP) is 0.443. The molecule has 0 radical (unpaired) electrons. The van der Waals surface area contributed by atoms with Crippen LogP contribution in [0.25, 0.3) is 0 Å². The maximum absolute atomic E-state index is 12.3. The lowest BCUT2D eigenvalue weighted by molar-refractivity contribution is -0.385. The molecule has 0 aromatic carbocycles. The fraction of sp³-hybridized carbons (Fsp3) is 0.455. The van der Waals surface area contributed by atoms with Gasteiger partial charge in [0.1, 0.15) is 11.3 Å². The van der Waals surface area contributed by atoms with Crippen molar-refractivity contribution < 1.29 is 14.5 Å². The Bertz CT molecular complexity index is 539. The van der Waals surface area contributed by atoms with Gasteiger partial charge in [-0.3, -0.25) is 14.9 Å². The molecule has 0 saturated carbocycles. The number of nitro groups is 1. The molecule has 1 unspecified atom stereocenters. The zero-order valence-corrected chi connectivity index (χ0v) is 11.2. The number of morpholine rings is 1. The number of nitrogens with two attached hydrogens (primary N) is 1. The van der Waals surface area contributed by atoms with E-state index in [0.717, 1.165) is 12.3 Å². The molecule has 1 fully saturated rings. The monoisotopic (exact) mass is 300 g/mol. The topological polar surface area (TPSA) is 112 Å². The maximum Gasteiger partial charge on any atom is 0.288 e. The first-order valence-electron chi connectivity index (χ1n) is 5.93. The molecule has 108 valence electrons. The zero-order valence-electron chi connectivity index (χ0n) is 10.5. The molecule has 0 aliphatic carbocycles. The number of amides is 1. The summed E-state index contributed by atoms with van der Waals surface area (Å²) in [4.78, 5) is 27.6. The number of hydrogen-bond donors (Lipinski definition) is 1. The van der Waals surface area contributed by atoms with Gasteiger partial charge in [-0.25, -0.2) is 4.98 Å². The lowest BCUT2D eigenvalue weighted by atomic mass is 10.2. The third kappa shape index (κ3) is 3.03. The molecule has 0 bridgehead atoms. The van der Waals surface area contributed by atoms with Gasteiger partial charge < -0.3 is 15.4 Å². The van der Waals surface area contributed by atoms with E-state index in [1.54, 1.807) is 0 Å². The number of carbonyl (C=O) groups excluding carboxylic acids is 1. The zero-order chi connectivity index (χ0) is 14.7. The van der Waals surface area contributed by atoms with Gasteiger partial charge >= 0.3 is 0 Å². The van der Waals surface area contributed by atoms with E-state index in [0.29, 0.717) is 26.2 Å². The van der Waals surface area contributed by atoms with Gasteiger partial charge in [-0.15, -0.1) is 0 Å². The lowest BCUT2D eigenvalue weighted by Gasteiger charge is -2.32. The third-order valence-electron chi connectivity index (χ3n) is 2.95. The number of rotatable bonds is 3. The van der Waals surface area contributed by atoms with Crippen LogP contribution >= 0.6 is 11.6 Å². The lowest BCUT2D eigenvalue weighted by Crippen LogP contribution is -2.48. The van der Waals surface area contributed by atoms with Crippen LogP contribution in [0.3, 0.4) is 0 Å². The molecule has 0 spiro atoms. The normalized spacial score (nSPS) is 18.9. The van der Waals surface area contributed by atoms with E-state index in [9.17, 15) is 14.9 Å². The third-order valence-corrected chi connectivity index (χ3v) is 3.26. The molecular formula is C11H13ClN4O4. The van der Waals surface area contributed by atoms with Crippen LogP contribution in [0, 0.1) is 10.1 Å². The van der Waals surface area contributed by atoms with Crippen LogP contribution in [-0.4, -0.2) is 53.1 Å². The highest BCUT2D eigenvalue weighted by molar-refractivity contribution is 6.32. The Kier molecular flexibility index (Phi) is 4.48. The van der Waals surface area contributed by atoms with Gasteiger partial charge in [0.25, 0.3) is 11.6 Å². The predicted molar refractivity (Wildman–Crippen MR) is 70.6 cm³/mol. The van der Waals surface area contributed by atoms with Gasteiger partial charge in [0, 0.05) is 25.7 Å². The highest BCUT2D eigenvalue weighted by atomic mass is 35.5. The van der Waals surface area contributed by atoms with Gasteiger partial charge in [-0.1, -0.05) is 11.6 Å². The molecule has 2 heterocycles. The summed E-state index contributed by atoms with van der Waals surface area (Å²) in [7, 11) is 0. The molecule has 9 heteroatoms. The molecular weight excluding hydrogens is 288 g/mol. The first-order chi connectivity index (χ1) is 9.52. The van der Waals surface area contributed by atoms with E-state index in [2.05, 4.69) is 4.98 Å². The van der Waals surface area contributed by atoms with Gasteiger partial charge in [0.2, 0.25) is 0 Å². The Labute approximate surface area is 119 Å². The fourth-order valence-corrected chi connectivity index (χ4v) is 2.09. The van der Waals surface area contributed by atoms with Crippen molar-refractivity contribution in [3.8, 4) is 0 Å². The van der Waals surface area contributed by atoms with Gasteiger partial charge in [-0.05, 0) is 0 Å². The van der Waals surface area contributed by atoms with Crippen molar-refractivity contribution in [2.45, 2.75) is 6.10 Å². The molecule has 20 heavy (non-hydrogen) atoms. The SMILES string of the molecule is NCC1CN(C(=O)c2cc([N+](=O)[O-])cnc2Cl)CCO1. The van der Waals surface area contributed by atoms with Crippen molar-refractivity contribution in [3.63, 3.8) is 0 Å². The summed E-state index contributed by atoms with van der Waals surface area (Å²) in [6, 6.07) is 1.13. The average Bonchev–Trinajstić information content (AvgIpc) is 2.46. The molecule has 1 saturated heterocycles. The van der Waals surface area contributed by atoms with E-state index < -0.39 is 10.8 Å². The minimum Gasteiger partial charge on any atom is -0.373 e. The number of aromatic nitrogens is 1. The Hall–Kier alpha value is -1.77. The molecule has 2 N–H and O–H groups in total. The summed E-state index contributed by atoms with van der Waals surface area (Å²) < 4.78 is 5.36. The van der Waals surface area contributed by atoms with E-state index in [-0.39, 0.29) is 22.5 Å². The Balaban J connectivity index is 2.24. The van der Waals surface area contributed by atoms with Gasteiger partial charge in [0.15, 0.2) is 0 Å². The molecule has 1 aliphatic heterocycles. The Morgan fingerprint density at radius 1 is 1.70 bits per heavy atom. The second-order valence-electron chi connectivity index (χ2n) is 4.27. The fourth-order valence-electron chi connectivity index (χ4n) is 1.90. The number of halogens is 1. The quantitative estimate of drug-likeness (QED) is 0.492. The van der Waals surface area contributed by atoms with E-state index in [1.807, 2.05) is 0 Å². The van der Waals surface area contributed by atoms with Gasteiger partial charge in [0.05, 0.1) is 23.2 Å². The van der Waals surface area contributed by atoms with Crippen LogP contribution in [0.2, 0.25) is 5.15 Å². The summed E-state index contributed by atoms with van der Waals surface area (Å²) >= 11 is 5.85. The van der Waals surface area contributed by atoms with Crippen LogP contribution in [-0.2, 0) is 4.74 Å². The van der Waals surface area contributed by atoms with Crippen LogP contribution in [0.5, 0.6) is 0 Å². The van der Waals surface area contributed by atoms with Crippen LogP contribution in [0.15, 0.2) is 12.3 Å². The largest absolute Gasteiger partial charge is 0.373 e. The van der Waals surface area contributed by atoms with Crippen molar-refractivity contribution in [1.82, 2.24) is 9.88 Å². The number of pyridine rings is 1. The minimum absolute atomic E-state index is 0.0125. The van der Waals surface area contributed by atoms with Crippen molar-refractivity contribution in [2.75, 3.05) is 26.2 Å². The van der Waals surface area contributed by atoms with Crippen LogP contribution in [0.4, 0.5) is 5.69 Å². The van der Waals surface area contributed by atoms with E-state index >= 15 is 0 Å². The summed E-state index contributed by atoms with van der Waals surface area (Å²) in [6.45, 7) is 1.38. The van der Waals surface area contributed by atoms with Crippen molar-refractivity contribution in [3.05, 3.63) is 33.1 Å². The number of hydrogen-bond acceptors (Lipinski definition) is 6. The summed E-state index contributed by atoms with van der Waals surface area (Å²) in [6.07, 6.45) is 0.777. The molecule has 8 nitrogen and oxygen atoms in total. The molecule has 2 rings (SSSR count). The Morgan fingerprint density at radius 2 is 2.45 bits per heavy atom. The highest BCUT2D eigenvalue weighted by Crippen LogP contribution is 2.21.